The van der Waals surface area contributed by atoms with Crippen molar-refractivity contribution in [1.82, 2.24) is 0 Å². The van der Waals surface area contributed by atoms with Crippen molar-refractivity contribution in [3.8, 4) is 5.75 Å². The fourth-order valence-electron chi connectivity index (χ4n) is 6.65. The van der Waals surface area contributed by atoms with Crippen LogP contribution in [0.2, 0.25) is 0 Å². The lowest BCUT2D eigenvalue weighted by atomic mass is 9.55. The molecule has 40 heavy (non-hydrogen) atoms. The van der Waals surface area contributed by atoms with Crippen LogP contribution in [0.4, 0.5) is 5.69 Å². The first-order chi connectivity index (χ1) is 19.5. The summed E-state index contributed by atoms with van der Waals surface area (Å²) in [5.74, 6) is -2.83. The minimum atomic E-state index is -0.649. The number of carbonyl (C=O) groups excluding carboxylic acids is 4. The molecule has 1 heterocycles. The second kappa shape index (κ2) is 9.02. The number of anilines is 1. The van der Waals surface area contributed by atoms with Gasteiger partial charge in [0.25, 0.3) is 0 Å². The van der Waals surface area contributed by atoms with Gasteiger partial charge in [0.15, 0.2) is 0 Å². The Labute approximate surface area is 230 Å². The van der Waals surface area contributed by atoms with Crippen LogP contribution in [0, 0.1) is 11.8 Å². The van der Waals surface area contributed by atoms with E-state index >= 15 is 0 Å². The van der Waals surface area contributed by atoms with Gasteiger partial charge in [-0.3, -0.25) is 9.59 Å². The molecule has 2 bridgehead atoms. The summed E-state index contributed by atoms with van der Waals surface area (Å²) >= 11 is 0. The molecule has 1 aliphatic heterocycles. The fraction of sp³-hybridized carbons (Fsp3) is 0.152. The highest BCUT2D eigenvalue weighted by Gasteiger charge is 2.61. The van der Waals surface area contributed by atoms with Crippen molar-refractivity contribution >= 4 is 29.4 Å². The monoisotopic (exact) mass is 529 g/mol. The molecule has 4 aromatic rings. The Morgan fingerprint density at radius 1 is 0.625 bits per heavy atom. The third-order valence-corrected chi connectivity index (χ3v) is 8.27. The van der Waals surface area contributed by atoms with Crippen LogP contribution in [0.15, 0.2) is 97.1 Å². The van der Waals surface area contributed by atoms with Crippen LogP contribution in [-0.4, -0.2) is 30.9 Å². The maximum atomic E-state index is 14.0. The van der Waals surface area contributed by atoms with Crippen molar-refractivity contribution < 1.29 is 28.7 Å². The molecule has 8 rings (SSSR count). The molecule has 196 valence electrons. The Hall–Kier alpha value is -5.04. The number of carbonyl (C=O) groups is 4. The molecule has 3 aliphatic carbocycles. The van der Waals surface area contributed by atoms with E-state index in [1.165, 1.54) is 42.3 Å². The zero-order chi connectivity index (χ0) is 27.5. The van der Waals surface area contributed by atoms with Crippen molar-refractivity contribution in [2.75, 3.05) is 12.0 Å². The summed E-state index contributed by atoms with van der Waals surface area (Å²) in [7, 11) is 1.29. The van der Waals surface area contributed by atoms with Crippen LogP contribution in [0.5, 0.6) is 5.75 Å². The Bertz CT molecular complexity index is 1610. The molecule has 1 saturated heterocycles. The highest BCUT2D eigenvalue weighted by molar-refractivity contribution is 6.23. The van der Waals surface area contributed by atoms with Crippen molar-refractivity contribution in [2.45, 2.75) is 11.8 Å². The second-order valence-corrected chi connectivity index (χ2v) is 10.2. The number of hydrogen-bond acceptors (Lipinski definition) is 6. The molecule has 0 N–H and O–H groups in total. The van der Waals surface area contributed by atoms with Gasteiger partial charge in [-0.1, -0.05) is 54.6 Å². The molecular formula is C33H23NO6. The first-order valence-electron chi connectivity index (χ1n) is 13.0. The zero-order valence-electron chi connectivity index (χ0n) is 21.4. The minimum Gasteiger partial charge on any atom is -0.465 e. The molecule has 7 nitrogen and oxygen atoms in total. The molecule has 7 heteroatoms. The van der Waals surface area contributed by atoms with Crippen molar-refractivity contribution in [1.29, 1.82) is 0 Å². The van der Waals surface area contributed by atoms with Crippen molar-refractivity contribution in [2.24, 2.45) is 11.8 Å². The molecule has 4 aromatic carbocycles. The largest absolute Gasteiger partial charge is 0.465 e. The number of hydrogen-bond donors (Lipinski definition) is 0. The maximum absolute atomic E-state index is 14.0. The lowest BCUT2D eigenvalue weighted by molar-refractivity contribution is -0.122. The standard InChI is InChI=1S/C33H23NO6/c1-39-32(37)18-13-15-21(16-14-18)40-33(38)19-7-6-8-20(17-19)34-30(35)28-26-22-9-2-3-10-23(22)27(29(28)31(34)36)25-12-5-4-11-24(25)26/h2-17,26-29H,1H3/t26?,27?,28-,29+. The Morgan fingerprint density at radius 3 is 1.65 bits per heavy atom. The first kappa shape index (κ1) is 24.0. The second-order valence-electron chi connectivity index (χ2n) is 10.2. The molecule has 0 spiro atoms. The lowest BCUT2D eigenvalue weighted by Gasteiger charge is -2.45. The summed E-state index contributed by atoms with van der Waals surface area (Å²) in [6.07, 6.45) is 0. The van der Waals surface area contributed by atoms with Gasteiger partial charge < -0.3 is 9.47 Å². The van der Waals surface area contributed by atoms with Gasteiger partial charge in [-0.2, -0.15) is 0 Å². The van der Waals surface area contributed by atoms with Gasteiger partial charge in [-0.05, 0) is 64.7 Å². The number of methoxy groups -OCH3 is 1. The van der Waals surface area contributed by atoms with E-state index in [1.807, 2.05) is 24.3 Å². The number of nitrogens with zero attached hydrogens (tertiary/aromatic N) is 1. The molecule has 0 unspecified atom stereocenters. The normalized spacial score (nSPS) is 21.9. The van der Waals surface area contributed by atoms with Crippen LogP contribution in [0.25, 0.3) is 0 Å². The molecule has 2 atom stereocenters. The van der Waals surface area contributed by atoms with E-state index in [0.717, 1.165) is 22.3 Å². The third kappa shape index (κ3) is 3.44. The highest BCUT2D eigenvalue weighted by Crippen LogP contribution is 2.61. The quantitative estimate of drug-likeness (QED) is 0.208. The smallest absolute Gasteiger partial charge is 0.343 e. The van der Waals surface area contributed by atoms with Crippen LogP contribution in [-0.2, 0) is 14.3 Å². The van der Waals surface area contributed by atoms with E-state index in [9.17, 15) is 19.2 Å². The highest BCUT2D eigenvalue weighted by atomic mass is 16.5. The molecular weight excluding hydrogens is 506 g/mol. The summed E-state index contributed by atoms with van der Waals surface area (Å²) in [5, 5.41) is 0. The molecule has 2 amide bonds. The average molecular weight is 530 g/mol. The number of imide groups is 1. The Morgan fingerprint density at radius 2 is 1.15 bits per heavy atom. The number of rotatable bonds is 4. The zero-order valence-corrected chi connectivity index (χ0v) is 21.4. The molecule has 1 fully saturated rings. The number of amides is 2. The van der Waals surface area contributed by atoms with E-state index < -0.39 is 23.8 Å². The third-order valence-electron chi connectivity index (χ3n) is 8.27. The van der Waals surface area contributed by atoms with Gasteiger partial charge in [0.05, 0.1) is 35.8 Å². The molecule has 0 radical (unpaired) electrons. The van der Waals surface area contributed by atoms with Gasteiger partial charge >= 0.3 is 11.9 Å². The Balaban J connectivity index is 1.20. The topological polar surface area (TPSA) is 90.0 Å². The van der Waals surface area contributed by atoms with Gasteiger partial charge in [0.1, 0.15) is 5.75 Å². The molecule has 4 aliphatic rings. The number of esters is 2. The van der Waals surface area contributed by atoms with E-state index in [-0.39, 0.29) is 35.0 Å². The van der Waals surface area contributed by atoms with Crippen LogP contribution in [0.1, 0.15) is 54.8 Å². The van der Waals surface area contributed by atoms with E-state index in [1.54, 1.807) is 18.2 Å². The summed E-state index contributed by atoms with van der Waals surface area (Å²) in [6, 6.07) is 28.5. The van der Waals surface area contributed by atoms with Crippen LogP contribution >= 0.6 is 0 Å². The first-order valence-corrected chi connectivity index (χ1v) is 13.0. The fourth-order valence-corrected chi connectivity index (χ4v) is 6.65. The lowest BCUT2D eigenvalue weighted by Crippen LogP contribution is -2.41. The van der Waals surface area contributed by atoms with Crippen molar-refractivity contribution in [3.63, 3.8) is 0 Å². The molecule has 0 saturated carbocycles. The van der Waals surface area contributed by atoms with E-state index in [4.69, 9.17) is 4.74 Å². The van der Waals surface area contributed by atoms with Gasteiger partial charge in [0.2, 0.25) is 11.8 Å². The van der Waals surface area contributed by atoms with Gasteiger partial charge in [0, 0.05) is 11.8 Å². The summed E-state index contributed by atoms with van der Waals surface area (Å²) in [6.45, 7) is 0. The summed E-state index contributed by atoms with van der Waals surface area (Å²) in [5.41, 5.74) is 5.27. The van der Waals surface area contributed by atoms with Crippen LogP contribution < -0.4 is 9.64 Å². The molecule has 0 aromatic heterocycles. The average Bonchev–Trinajstić information content (AvgIpc) is 3.27. The number of benzene rings is 4. The predicted molar refractivity (Wildman–Crippen MR) is 145 cm³/mol. The number of ether oxygens (including phenoxy) is 2. The van der Waals surface area contributed by atoms with Gasteiger partial charge in [-0.15, -0.1) is 0 Å². The SMILES string of the molecule is COC(=O)c1ccc(OC(=O)c2cccc(N3C(=O)[C@@H]4C5c6ccccc6C(c6ccccc65)[C@@H]4C3=O)c2)cc1. The summed E-state index contributed by atoms with van der Waals surface area (Å²) < 4.78 is 10.2. The summed E-state index contributed by atoms with van der Waals surface area (Å²) in [4.78, 5) is 53.9. The predicted octanol–water partition coefficient (Wildman–Crippen LogP) is 5.09. The van der Waals surface area contributed by atoms with Crippen molar-refractivity contribution in [3.05, 3.63) is 130 Å². The van der Waals surface area contributed by atoms with Gasteiger partial charge in [-0.25, -0.2) is 14.5 Å². The Kier molecular flexibility index (Phi) is 5.42. The maximum Gasteiger partial charge on any atom is 0.343 e. The van der Waals surface area contributed by atoms with E-state index in [2.05, 4.69) is 29.0 Å². The van der Waals surface area contributed by atoms with Crippen LogP contribution in [0.3, 0.4) is 0 Å². The van der Waals surface area contributed by atoms with E-state index in [0.29, 0.717) is 11.3 Å². The minimum absolute atomic E-state index is 0.194.